The minimum Gasteiger partial charge on any atom is -0.478 e. The van der Waals surface area contributed by atoms with Crippen LogP contribution in [-0.2, 0) is 0 Å². The van der Waals surface area contributed by atoms with Crippen molar-refractivity contribution >= 4 is 0 Å². The molecule has 4 heteroatoms. The van der Waals surface area contributed by atoms with Crippen molar-refractivity contribution in [2.24, 2.45) is 0 Å². The highest BCUT2D eigenvalue weighted by Crippen LogP contribution is 2.05. The fourth-order valence-electron chi connectivity index (χ4n) is 0.686. The van der Waals surface area contributed by atoms with Gasteiger partial charge in [-0.25, -0.2) is 9.97 Å². The second kappa shape index (κ2) is 4.29. The zero-order valence-corrected chi connectivity index (χ0v) is 6.82. The van der Waals surface area contributed by atoms with Crippen LogP contribution in [0.1, 0.15) is 19.0 Å². The van der Waals surface area contributed by atoms with Gasteiger partial charge in [-0.1, -0.05) is 6.92 Å². The molecule has 0 spiro atoms. The lowest BCUT2D eigenvalue weighted by molar-refractivity contribution is 0.304. The van der Waals surface area contributed by atoms with Crippen LogP contribution >= 0.6 is 0 Å². The van der Waals surface area contributed by atoms with Crippen LogP contribution in [0.25, 0.3) is 0 Å². The molecule has 0 unspecified atom stereocenters. The van der Waals surface area contributed by atoms with E-state index in [1.165, 1.54) is 12.4 Å². The molecule has 0 atom stereocenters. The third kappa shape index (κ3) is 2.20. The normalized spacial score (nSPS) is 9.00. The molecule has 62 valence electrons. The van der Waals surface area contributed by atoms with Gasteiger partial charge >= 0.3 is 0 Å². The fraction of sp³-hybridized carbons (Fsp3) is 0.375. The van der Waals surface area contributed by atoms with Gasteiger partial charge in [-0.2, -0.15) is 5.26 Å². The van der Waals surface area contributed by atoms with E-state index in [0.29, 0.717) is 18.2 Å². The summed E-state index contributed by atoms with van der Waals surface area (Å²) >= 11 is 0. The van der Waals surface area contributed by atoms with E-state index in [1.54, 1.807) is 0 Å². The van der Waals surface area contributed by atoms with Gasteiger partial charge in [0, 0.05) is 6.07 Å². The first-order valence-electron chi connectivity index (χ1n) is 3.71. The molecule has 1 heterocycles. The number of nitriles is 1. The molecule has 1 rings (SSSR count). The predicted octanol–water partition coefficient (Wildman–Crippen LogP) is 1.14. The van der Waals surface area contributed by atoms with E-state index in [0.717, 1.165) is 6.42 Å². The average Bonchev–Trinajstić information content (AvgIpc) is 2.15. The van der Waals surface area contributed by atoms with Gasteiger partial charge in [0.2, 0.25) is 5.88 Å². The van der Waals surface area contributed by atoms with Crippen molar-refractivity contribution in [3.63, 3.8) is 0 Å². The molecule has 12 heavy (non-hydrogen) atoms. The molecule has 1 aromatic rings. The first kappa shape index (κ1) is 8.47. The Labute approximate surface area is 70.8 Å². The van der Waals surface area contributed by atoms with E-state index in [1.807, 2.05) is 13.0 Å². The highest BCUT2D eigenvalue weighted by atomic mass is 16.5. The van der Waals surface area contributed by atoms with E-state index >= 15 is 0 Å². The number of hydrogen-bond donors (Lipinski definition) is 0. The van der Waals surface area contributed by atoms with Gasteiger partial charge in [-0.05, 0) is 6.42 Å². The molecule has 0 saturated carbocycles. The Hall–Kier alpha value is -1.63. The zero-order valence-electron chi connectivity index (χ0n) is 6.82. The number of ether oxygens (including phenoxy) is 1. The summed E-state index contributed by atoms with van der Waals surface area (Å²) in [6.07, 6.45) is 2.25. The highest BCUT2D eigenvalue weighted by molar-refractivity contribution is 5.23. The smallest absolute Gasteiger partial charge is 0.217 e. The Morgan fingerprint density at radius 3 is 3.08 bits per heavy atom. The van der Waals surface area contributed by atoms with Crippen LogP contribution in [0.2, 0.25) is 0 Å². The van der Waals surface area contributed by atoms with Crippen LogP contribution in [0, 0.1) is 11.3 Å². The summed E-state index contributed by atoms with van der Waals surface area (Å²) < 4.78 is 5.20. The summed E-state index contributed by atoms with van der Waals surface area (Å²) in [6, 6.07) is 3.44. The summed E-state index contributed by atoms with van der Waals surface area (Å²) in [7, 11) is 0. The highest BCUT2D eigenvalue weighted by Gasteiger charge is 1.96. The third-order valence-electron chi connectivity index (χ3n) is 1.21. The lowest BCUT2D eigenvalue weighted by Gasteiger charge is -2.01. The second-order valence-electron chi connectivity index (χ2n) is 2.20. The topological polar surface area (TPSA) is 58.8 Å². The first-order chi connectivity index (χ1) is 5.86. The summed E-state index contributed by atoms with van der Waals surface area (Å²) in [5.74, 6) is 0.461. The van der Waals surface area contributed by atoms with Gasteiger partial charge in [-0.15, -0.1) is 0 Å². The number of nitrogens with zero attached hydrogens (tertiary/aromatic N) is 3. The Bertz CT molecular complexity index is 293. The van der Waals surface area contributed by atoms with Crippen molar-refractivity contribution in [3.8, 4) is 11.9 Å². The summed E-state index contributed by atoms with van der Waals surface area (Å²) in [5, 5.41) is 8.49. The van der Waals surface area contributed by atoms with E-state index in [9.17, 15) is 0 Å². The molecule has 1 aromatic heterocycles. The second-order valence-corrected chi connectivity index (χ2v) is 2.20. The van der Waals surface area contributed by atoms with Gasteiger partial charge in [0.05, 0.1) is 6.61 Å². The van der Waals surface area contributed by atoms with Crippen LogP contribution in [0.4, 0.5) is 0 Å². The molecule has 0 amide bonds. The maximum Gasteiger partial charge on any atom is 0.217 e. The van der Waals surface area contributed by atoms with Crippen molar-refractivity contribution in [2.45, 2.75) is 13.3 Å². The standard InChI is InChI=1S/C8H9N3O/c1-2-3-12-8-4-7(5-9)10-6-11-8/h4,6H,2-3H2,1H3. The molecule has 0 aliphatic rings. The minimum absolute atomic E-state index is 0.330. The van der Waals surface area contributed by atoms with Crippen molar-refractivity contribution in [1.82, 2.24) is 9.97 Å². The van der Waals surface area contributed by atoms with Crippen LogP contribution < -0.4 is 4.74 Å². The zero-order chi connectivity index (χ0) is 8.81. The van der Waals surface area contributed by atoms with Gasteiger partial charge in [0.15, 0.2) is 0 Å². The Morgan fingerprint density at radius 1 is 1.58 bits per heavy atom. The van der Waals surface area contributed by atoms with Crippen LogP contribution in [-0.4, -0.2) is 16.6 Å². The summed E-state index contributed by atoms with van der Waals surface area (Å²) in [5.41, 5.74) is 0.330. The lowest BCUT2D eigenvalue weighted by Crippen LogP contribution is -1.98. The van der Waals surface area contributed by atoms with Crippen molar-refractivity contribution in [3.05, 3.63) is 18.1 Å². The molecule has 0 aromatic carbocycles. The largest absolute Gasteiger partial charge is 0.478 e. The summed E-state index contributed by atoms with van der Waals surface area (Å²) in [6.45, 7) is 2.62. The molecule has 0 aliphatic carbocycles. The molecule has 0 radical (unpaired) electrons. The molecule has 0 saturated heterocycles. The molecule has 0 aliphatic heterocycles. The first-order valence-corrected chi connectivity index (χ1v) is 3.71. The van der Waals surface area contributed by atoms with E-state index in [2.05, 4.69) is 9.97 Å². The van der Waals surface area contributed by atoms with Crippen LogP contribution in [0.3, 0.4) is 0 Å². The Kier molecular flexibility index (Phi) is 3.03. The van der Waals surface area contributed by atoms with E-state index < -0.39 is 0 Å². The Morgan fingerprint density at radius 2 is 2.42 bits per heavy atom. The molecule has 4 nitrogen and oxygen atoms in total. The van der Waals surface area contributed by atoms with E-state index in [-0.39, 0.29) is 0 Å². The van der Waals surface area contributed by atoms with Crippen LogP contribution in [0.5, 0.6) is 5.88 Å². The molecular weight excluding hydrogens is 154 g/mol. The third-order valence-corrected chi connectivity index (χ3v) is 1.21. The van der Waals surface area contributed by atoms with Gasteiger partial charge in [0.1, 0.15) is 18.1 Å². The van der Waals surface area contributed by atoms with Crippen molar-refractivity contribution < 1.29 is 4.74 Å². The quantitative estimate of drug-likeness (QED) is 0.670. The van der Waals surface area contributed by atoms with Gasteiger partial charge in [-0.3, -0.25) is 0 Å². The van der Waals surface area contributed by atoms with Gasteiger partial charge < -0.3 is 4.74 Å². The van der Waals surface area contributed by atoms with Crippen molar-refractivity contribution in [2.75, 3.05) is 6.61 Å². The van der Waals surface area contributed by atoms with Crippen molar-refractivity contribution in [1.29, 1.82) is 5.26 Å². The Balaban J connectivity index is 2.68. The SMILES string of the molecule is CCCOc1cc(C#N)ncn1. The predicted molar refractivity (Wildman–Crippen MR) is 42.5 cm³/mol. The maximum atomic E-state index is 8.49. The van der Waals surface area contributed by atoms with E-state index in [4.69, 9.17) is 10.00 Å². The molecule has 0 bridgehead atoms. The maximum absolute atomic E-state index is 8.49. The molecular formula is C8H9N3O. The summed E-state index contributed by atoms with van der Waals surface area (Å²) in [4.78, 5) is 7.55. The minimum atomic E-state index is 0.330. The monoisotopic (exact) mass is 163 g/mol. The fourth-order valence-corrected chi connectivity index (χ4v) is 0.686. The van der Waals surface area contributed by atoms with Gasteiger partial charge in [0.25, 0.3) is 0 Å². The number of rotatable bonds is 3. The molecule has 0 fully saturated rings. The lowest BCUT2D eigenvalue weighted by atomic mass is 10.4. The van der Waals surface area contributed by atoms with Crippen LogP contribution in [0.15, 0.2) is 12.4 Å². The molecule has 0 N–H and O–H groups in total. The number of aromatic nitrogens is 2. The average molecular weight is 163 g/mol. The number of hydrogen-bond acceptors (Lipinski definition) is 4.